The van der Waals surface area contributed by atoms with Gasteiger partial charge in [0.25, 0.3) is 0 Å². The molecule has 0 fully saturated rings. The normalized spacial score (nSPS) is 12.6. The van der Waals surface area contributed by atoms with Crippen LogP contribution in [0.15, 0.2) is 28.8 Å². The van der Waals surface area contributed by atoms with E-state index in [1.807, 2.05) is 4.98 Å². The number of aromatic nitrogens is 6. The maximum absolute atomic E-state index is 12.6. The number of unbranched alkanes of at least 4 members (excludes halogenated alkanes) is 6. The lowest BCUT2D eigenvalue weighted by molar-refractivity contribution is -0.148. The Hall–Kier alpha value is -4.77. The highest BCUT2D eigenvalue weighted by atomic mass is 16.6. The number of aliphatic hydroxyl groups is 3. The van der Waals surface area contributed by atoms with Gasteiger partial charge < -0.3 is 34.3 Å². The number of carbonyl (C=O) groups excluding carboxylic acids is 3. The second-order valence-electron chi connectivity index (χ2n) is 13.9. The number of ether oxygens (including phenoxy) is 4. The van der Waals surface area contributed by atoms with Crippen molar-refractivity contribution in [2.45, 2.75) is 142 Å². The predicted molar refractivity (Wildman–Crippen MR) is 211 cm³/mol. The van der Waals surface area contributed by atoms with Crippen molar-refractivity contribution in [2.24, 2.45) is 0 Å². The average Bonchev–Trinajstić information content (AvgIpc) is 3.17. The van der Waals surface area contributed by atoms with E-state index in [-0.39, 0.29) is 77.7 Å². The Morgan fingerprint density at radius 3 is 1.31 bits per heavy atom. The number of hydrogen-bond donors (Lipinski definition) is 5. The summed E-state index contributed by atoms with van der Waals surface area (Å²) >= 11 is 0. The molecule has 2 aromatic rings. The lowest BCUT2D eigenvalue weighted by Crippen LogP contribution is -2.49. The van der Waals surface area contributed by atoms with Gasteiger partial charge in [-0.25, -0.2) is 47.0 Å². The van der Waals surface area contributed by atoms with Crippen molar-refractivity contribution in [1.29, 1.82) is 0 Å². The molecular weight excluding hydrogens is 784 g/mol. The molecule has 0 aromatic carbocycles. The van der Waals surface area contributed by atoms with Gasteiger partial charge in [-0.05, 0) is 32.6 Å². The smallest absolute Gasteiger partial charge is 0.336 e. The fraction of sp³-hybridized carbons (Fsp3) is 0.757. The number of rotatable bonds is 29. The molecule has 22 heteroatoms. The van der Waals surface area contributed by atoms with Crippen LogP contribution >= 0.6 is 0 Å². The van der Waals surface area contributed by atoms with Gasteiger partial charge in [-0.2, -0.15) is 0 Å². The summed E-state index contributed by atoms with van der Waals surface area (Å²) < 4.78 is 22.2. The Kier molecular flexibility index (Phi) is 26.1. The molecule has 0 saturated heterocycles. The Morgan fingerprint density at radius 1 is 0.525 bits per heavy atom. The Labute approximate surface area is 339 Å². The molecule has 0 spiro atoms. The first kappa shape index (κ1) is 52.2. The van der Waals surface area contributed by atoms with Crippen LogP contribution in [0.5, 0.6) is 0 Å². The van der Waals surface area contributed by atoms with Gasteiger partial charge in [-0.3, -0.25) is 24.4 Å². The second-order valence-corrected chi connectivity index (χ2v) is 13.9. The summed E-state index contributed by atoms with van der Waals surface area (Å²) in [7, 11) is 2.78. The molecule has 0 aliphatic heterocycles. The number of aliphatic hydroxyl groups excluding tert-OH is 3. The zero-order valence-electron chi connectivity index (χ0n) is 34.5. The first-order valence-corrected chi connectivity index (χ1v) is 19.8. The predicted octanol–water partition coefficient (Wildman–Crippen LogP) is -1.46. The van der Waals surface area contributed by atoms with Crippen molar-refractivity contribution in [2.75, 3.05) is 40.6 Å². The van der Waals surface area contributed by atoms with Crippen molar-refractivity contribution >= 4 is 17.7 Å². The summed E-state index contributed by atoms with van der Waals surface area (Å²) in [6, 6.07) is 0. The fourth-order valence-corrected chi connectivity index (χ4v) is 5.51. The summed E-state index contributed by atoms with van der Waals surface area (Å²) in [5.41, 5.74) is -5.29. The lowest BCUT2D eigenvalue weighted by atomic mass is 10.0. The molecule has 0 saturated carbocycles. The number of H-pyrrole nitrogens is 2. The van der Waals surface area contributed by atoms with Gasteiger partial charge in [0.1, 0.15) is 31.2 Å². The van der Waals surface area contributed by atoms with Crippen LogP contribution in [0.2, 0.25) is 0 Å². The van der Waals surface area contributed by atoms with Gasteiger partial charge in [0.2, 0.25) is 0 Å². The number of ketones is 1. The number of nitrogens with zero attached hydrogens (tertiary/aromatic N) is 4. The molecule has 5 N–H and O–H groups in total. The third-order valence-electron chi connectivity index (χ3n) is 8.75. The molecule has 59 heavy (non-hydrogen) atoms. The third-order valence-corrected chi connectivity index (χ3v) is 8.75. The molecule has 22 nitrogen and oxygen atoms in total. The van der Waals surface area contributed by atoms with Crippen LogP contribution in [0.25, 0.3) is 0 Å². The molecule has 0 amide bonds. The number of Topliss-reactive ketones (excluding diaryl/α,β-unsaturated/α-hetero) is 1. The standard InChI is InChI=1S/C23H41N3O8.C14H21N3O8/c1-3-4-5-6-7-8-11-18(27)12-9-10-14-25-21(30)24-22(31)26(23(25)32)15-13-20(29)34-17-19(28)16-33-2;1-9(18)3-5-16-12(21)15-13(22)17(14(16)23)6-4-11(20)25-8-10(19)7-24-2/h18-19,27-28H,3-17H2,1-2H3,(H,24,30,31);10,19H,3-8H2,1-2H3,(H,15,21,22). The fourth-order valence-electron chi connectivity index (χ4n) is 5.51. The van der Waals surface area contributed by atoms with E-state index < -0.39 is 64.4 Å². The van der Waals surface area contributed by atoms with E-state index >= 15 is 0 Å². The maximum Gasteiger partial charge on any atom is 0.336 e. The van der Waals surface area contributed by atoms with E-state index in [1.165, 1.54) is 46.8 Å². The summed E-state index contributed by atoms with van der Waals surface area (Å²) in [4.78, 5) is 111. The molecule has 3 atom stereocenters. The summed E-state index contributed by atoms with van der Waals surface area (Å²) in [6.07, 6.45) is 6.48. The molecule has 0 bridgehead atoms. The number of aromatic amines is 2. The molecule has 0 aliphatic carbocycles. The number of nitrogens with one attached hydrogen (secondary N) is 2. The van der Waals surface area contributed by atoms with Crippen LogP contribution in [0, 0.1) is 0 Å². The highest BCUT2D eigenvalue weighted by Crippen LogP contribution is 2.12. The van der Waals surface area contributed by atoms with Gasteiger partial charge in [0, 0.05) is 46.8 Å². The second kappa shape index (κ2) is 29.4. The Bertz CT molecular complexity index is 1930. The van der Waals surface area contributed by atoms with E-state index in [2.05, 4.69) is 16.6 Å². The molecule has 2 heterocycles. The first-order valence-electron chi connectivity index (χ1n) is 19.8. The van der Waals surface area contributed by atoms with E-state index in [1.54, 1.807) is 0 Å². The highest BCUT2D eigenvalue weighted by molar-refractivity contribution is 5.75. The van der Waals surface area contributed by atoms with Crippen LogP contribution in [-0.4, -0.2) is 120 Å². The number of hydrogen-bond acceptors (Lipinski definition) is 16. The minimum absolute atomic E-state index is 0.00643. The first-order chi connectivity index (χ1) is 28.1. The van der Waals surface area contributed by atoms with Crippen LogP contribution < -0.4 is 34.1 Å². The van der Waals surface area contributed by atoms with Crippen LogP contribution in [0.3, 0.4) is 0 Å². The summed E-state index contributed by atoms with van der Waals surface area (Å²) in [6.45, 7) is 2.31. The van der Waals surface area contributed by atoms with Crippen molar-refractivity contribution in [3.8, 4) is 0 Å². The van der Waals surface area contributed by atoms with E-state index in [0.717, 1.165) is 33.0 Å². The molecule has 3 unspecified atom stereocenters. The van der Waals surface area contributed by atoms with Gasteiger partial charge in [-0.15, -0.1) is 0 Å². The Balaban J connectivity index is 0.000000618. The highest BCUT2D eigenvalue weighted by Gasteiger charge is 2.16. The Morgan fingerprint density at radius 2 is 0.898 bits per heavy atom. The molecule has 2 rings (SSSR count). The van der Waals surface area contributed by atoms with Crippen molar-refractivity contribution < 1.29 is 48.7 Å². The number of esters is 2. The van der Waals surface area contributed by atoms with Crippen molar-refractivity contribution in [1.82, 2.24) is 28.2 Å². The third kappa shape index (κ3) is 21.2. The van der Waals surface area contributed by atoms with Gasteiger partial charge >= 0.3 is 46.1 Å². The topological polar surface area (TPSA) is 303 Å². The zero-order valence-corrected chi connectivity index (χ0v) is 34.5. The van der Waals surface area contributed by atoms with Crippen LogP contribution in [-0.2, 0) is 59.5 Å². The van der Waals surface area contributed by atoms with E-state index in [0.29, 0.717) is 23.8 Å². The SMILES string of the molecule is CCCCCCCCC(O)CCCCn1c(=O)[nH]c(=O)n(CCC(=O)OCC(O)COC)c1=O.COCC(O)COC(=O)CCn1c(=O)[nH]c(=O)n(CCC(C)=O)c1=O. The quantitative estimate of drug-likeness (QED) is 0.0462. The molecule has 2 aromatic heterocycles. The van der Waals surface area contributed by atoms with Crippen molar-refractivity contribution in [3.05, 3.63) is 62.9 Å². The molecular formula is C37H62N6O16. The number of carbonyl (C=O) groups is 3. The largest absolute Gasteiger partial charge is 0.463 e. The maximum atomic E-state index is 12.6. The van der Waals surface area contributed by atoms with E-state index in [9.17, 15) is 58.5 Å². The monoisotopic (exact) mass is 846 g/mol. The van der Waals surface area contributed by atoms with E-state index in [4.69, 9.17) is 14.2 Å². The van der Waals surface area contributed by atoms with Crippen LogP contribution in [0.1, 0.15) is 97.3 Å². The van der Waals surface area contributed by atoms with Gasteiger partial charge in [0.15, 0.2) is 0 Å². The minimum Gasteiger partial charge on any atom is -0.463 e. The van der Waals surface area contributed by atoms with Gasteiger partial charge in [0.05, 0.1) is 32.2 Å². The number of methoxy groups -OCH3 is 2. The average molecular weight is 847 g/mol. The molecule has 0 radical (unpaired) electrons. The summed E-state index contributed by atoms with van der Waals surface area (Å²) in [5.74, 6) is -1.65. The van der Waals surface area contributed by atoms with Crippen LogP contribution in [0.4, 0.5) is 0 Å². The lowest BCUT2D eigenvalue weighted by Gasteiger charge is -2.12. The molecule has 336 valence electrons. The minimum atomic E-state index is -0.978. The van der Waals surface area contributed by atoms with Crippen molar-refractivity contribution in [3.63, 3.8) is 0 Å². The zero-order chi connectivity index (χ0) is 44.3. The summed E-state index contributed by atoms with van der Waals surface area (Å²) in [5, 5.41) is 29.0. The van der Waals surface area contributed by atoms with Gasteiger partial charge in [-0.1, -0.05) is 45.4 Å². The molecule has 0 aliphatic rings.